The van der Waals surface area contributed by atoms with E-state index in [9.17, 15) is 18.0 Å². The van der Waals surface area contributed by atoms with Gasteiger partial charge < -0.3 is 0 Å². The third kappa shape index (κ3) is 2.10. The van der Waals surface area contributed by atoms with Crippen LogP contribution in [-0.4, -0.2) is 17.6 Å². The van der Waals surface area contributed by atoms with E-state index >= 15 is 0 Å². The second-order valence-electron chi connectivity index (χ2n) is 4.03. The van der Waals surface area contributed by atoms with Crippen molar-refractivity contribution in [3.8, 4) is 0 Å². The molecule has 102 valence electrons. The zero-order chi connectivity index (χ0) is 14.2. The monoisotopic (exact) mass is 282 g/mol. The van der Waals surface area contributed by atoms with Gasteiger partial charge in [-0.3, -0.25) is 13.9 Å². The molecule has 2 aromatic rings. The lowest BCUT2D eigenvalue weighted by Gasteiger charge is -2.11. The van der Waals surface area contributed by atoms with E-state index in [0.717, 1.165) is 4.57 Å². The van der Waals surface area contributed by atoms with Crippen LogP contribution >= 0.6 is 0 Å². The first kappa shape index (κ1) is 13.5. The van der Waals surface area contributed by atoms with Gasteiger partial charge in [0.25, 0.3) is 5.56 Å². The van der Waals surface area contributed by atoms with Crippen molar-refractivity contribution in [3.05, 3.63) is 39.0 Å². The minimum atomic E-state index is -2.75. The van der Waals surface area contributed by atoms with Crippen LogP contribution in [0.1, 0.15) is 13.8 Å². The molecule has 1 aromatic carbocycles. The molecule has 0 fully saturated rings. The standard InChI is InChI=1S/C12H14N2O4S/c1-3-13-10-6-5-8(19(17)18)7-9(10)11(15)14(4-2)12(13)16/h5-7,19H,3-4H2,1-2H3. The molecule has 0 aliphatic rings. The van der Waals surface area contributed by atoms with E-state index in [1.54, 1.807) is 13.8 Å². The zero-order valence-electron chi connectivity index (χ0n) is 10.6. The number of hydrogen-bond acceptors (Lipinski definition) is 4. The Morgan fingerprint density at radius 1 is 1.05 bits per heavy atom. The van der Waals surface area contributed by atoms with Crippen LogP contribution < -0.4 is 11.2 Å². The lowest BCUT2D eigenvalue weighted by atomic mass is 10.2. The molecule has 0 saturated carbocycles. The Morgan fingerprint density at radius 2 is 1.68 bits per heavy atom. The zero-order valence-corrected chi connectivity index (χ0v) is 11.5. The quantitative estimate of drug-likeness (QED) is 0.814. The average molecular weight is 282 g/mol. The Bertz CT molecular complexity index is 822. The molecule has 2 rings (SSSR count). The van der Waals surface area contributed by atoms with Crippen molar-refractivity contribution in [1.82, 2.24) is 9.13 Å². The molecule has 0 atom stereocenters. The highest BCUT2D eigenvalue weighted by Gasteiger charge is 2.12. The number of thiol groups is 1. The van der Waals surface area contributed by atoms with Crippen LogP contribution in [0.5, 0.6) is 0 Å². The fraction of sp³-hybridized carbons (Fsp3) is 0.333. The number of aryl methyl sites for hydroxylation is 1. The molecule has 0 spiro atoms. The van der Waals surface area contributed by atoms with Crippen molar-refractivity contribution in [1.29, 1.82) is 0 Å². The third-order valence-electron chi connectivity index (χ3n) is 3.05. The molecule has 0 bridgehead atoms. The lowest BCUT2D eigenvalue weighted by molar-refractivity contribution is 0.608. The predicted molar refractivity (Wildman–Crippen MR) is 72.4 cm³/mol. The summed E-state index contributed by atoms with van der Waals surface area (Å²) < 4.78 is 24.5. The van der Waals surface area contributed by atoms with Crippen LogP contribution in [0, 0.1) is 0 Å². The smallest absolute Gasteiger partial charge is 0.293 e. The number of benzene rings is 1. The number of aromatic nitrogens is 2. The number of fused-ring (bicyclic) bond motifs is 1. The predicted octanol–water partition coefficient (Wildman–Crippen LogP) is 0.173. The van der Waals surface area contributed by atoms with E-state index in [1.807, 2.05) is 0 Å². The normalized spacial score (nSPS) is 11.3. The molecule has 0 N–H and O–H groups in total. The second kappa shape index (κ2) is 5.00. The second-order valence-corrected chi connectivity index (χ2v) is 5.07. The number of hydrogen-bond donors (Lipinski definition) is 1. The highest BCUT2D eigenvalue weighted by Crippen LogP contribution is 2.12. The van der Waals surface area contributed by atoms with Gasteiger partial charge in [0.2, 0.25) is 0 Å². The summed E-state index contributed by atoms with van der Waals surface area (Å²) in [5.41, 5.74) is -0.365. The van der Waals surface area contributed by atoms with Crippen molar-refractivity contribution in [2.24, 2.45) is 0 Å². The summed E-state index contributed by atoms with van der Waals surface area (Å²) in [5.74, 6) is 0. The summed E-state index contributed by atoms with van der Waals surface area (Å²) in [5, 5.41) is 0.250. The van der Waals surface area contributed by atoms with Crippen molar-refractivity contribution < 1.29 is 8.42 Å². The minimum Gasteiger partial charge on any atom is -0.293 e. The summed E-state index contributed by atoms with van der Waals surface area (Å²) in [7, 11) is -2.75. The number of nitrogens with zero attached hydrogens (tertiary/aromatic N) is 2. The Morgan fingerprint density at radius 3 is 2.21 bits per heavy atom. The average Bonchev–Trinajstić information content (AvgIpc) is 2.39. The summed E-state index contributed by atoms with van der Waals surface area (Å²) in [6, 6.07) is 4.22. The van der Waals surface area contributed by atoms with Crippen LogP contribution in [-0.2, 0) is 23.8 Å². The van der Waals surface area contributed by atoms with Crippen molar-refractivity contribution in [2.75, 3.05) is 0 Å². The molecule has 0 aliphatic heterocycles. The maximum absolute atomic E-state index is 12.2. The van der Waals surface area contributed by atoms with Crippen molar-refractivity contribution in [3.63, 3.8) is 0 Å². The fourth-order valence-electron chi connectivity index (χ4n) is 2.11. The van der Waals surface area contributed by atoms with Crippen molar-refractivity contribution in [2.45, 2.75) is 31.8 Å². The summed E-state index contributed by atoms with van der Waals surface area (Å²) >= 11 is 0. The van der Waals surface area contributed by atoms with E-state index in [1.165, 1.54) is 22.8 Å². The topological polar surface area (TPSA) is 78.1 Å². The van der Waals surface area contributed by atoms with Gasteiger partial charge in [0.1, 0.15) is 0 Å². The maximum Gasteiger partial charge on any atom is 0.331 e. The fourth-order valence-corrected chi connectivity index (χ4v) is 2.54. The van der Waals surface area contributed by atoms with Gasteiger partial charge in [-0.15, -0.1) is 0 Å². The largest absolute Gasteiger partial charge is 0.331 e. The Hall–Kier alpha value is -1.89. The highest BCUT2D eigenvalue weighted by atomic mass is 32.2. The van der Waals surface area contributed by atoms with E-state index in [-0.39, 0.29) is 22.5 Å². The van der Waals surface area contributed by atoms with E-state index in [2.05, 4.69) is 0 Å². The first-order valence-electron chi connectivity index (χ1n) is 5.93. The molecule has 19 heavy (non-hydrogen) atoms. The van der Waals surface area contributed by atoms with Gasteiger partial charge in [-0.1, -0.05) is 0 Å². The van der Waals surface area contributed by atoms with Crippen LogP contribution in [0.25, 0.3) is 10.9 Å². The summed E-state index contributed by atoms with van der Waals surface area (Å²) in [6.45, 7) is 4.17. The van der Waals surface area contributed by atoms with Gasteiger partial charge in [0.15, 0.2) is 10.7 Å². The first-order valence-corrected chi connectivity index (χ1v) is 7.10. The van der Waals surface area contributed by atoms with Crippen LogP contribution in [0.2, 0.25) is 0 Å². The Kier molecular flexibility index (Phi) is 3.57. The van der Waals surface area contributed by atoms with Gasteiger partial charge >= 0.3 is 5.69 Å². The first-order chi connectivity index (χ1) is 9.01. The molecule has 0 amide bonds. The van der Waals surface area contributed by atoms with Gasteiger partial charge in [-0.25, -0.2) is 13.2 Å². The van der Waals surface area contributed by atoms with E-state index in [4.69, 9.17) is 0 Å². The summed E-state index contributed by atoms with van der Waals surface area (Å²) in [6.07, 6.45) is 0. The molecule has 0 unspecified atom stereocenters. The Labute approximate surface area is 110 Å². The molecule has 0 radical (unpaired) electrons. The SMILES string of the molecule is CCn1c(=O)c2cc([SH](=O)=O)ccc2n(CC)c1=O. The van der Waals surface area contributed by atoms with Crippen molar-refractivity contribution >= 4 is 21.6 Å². The van der Waals surface area contributed by atoms with Crippen LogP contribution in [0.4, 0.5) is 0 Å². The lowest BCUT2D eigenvalue weighted by Crippen LogP contribution is -2.39. The van der Waals surface area contributed by atoms with Crippen LogP contribution in [0.3, 0.4) is 0 Å². The van der Waals surface area contributed by atoms with Gasteiger partial charge in [-0.05, 0) is 32.0 Å². The molecule has 0 saturated heterocycles. The molecule has 0 aliphatic carbocycles. The maximum atomic E-state index is 12.2. The third-order valence-corrected chi connectivity index (χ3v) is 3.75. The number of rotatable bonds is 3. The molecule has 6 nitrogen and oxygen atoms in total. The molecular formula is C12H14N2O4S. The van der Waals surface area contributed by atoms with Crippen LogP contribution in [0.15, 0.2) is 32.7 Å². The molecule has 1 heterocycles. The van der Waals surface area contributed by atoms with Gasteiger partial charge in [-0.2, -0.15) is 0 Å². The Balaban J connectivity index is 3.04. The van der Waals surface area contributed by atoms with E-state index in [0.29, 0.717) is 12.1 Å². The molecule has 1 aromatic heterocycles. The molecular weight excluding hydrogens is 268 g/mol. The minimum absolute atomic E-state index is 0.0727. The molecule has 7 heteroatoms. The van der Waals surface area contributed by atoms with Gasteiger partial charge in [0, 0.05) is 13.1 Å². The highest BCUT2D eigenvalue weighted by molar-refractivity contribution is 7.72. The summed E-state index contributed by atoms with van der Waals surface area (Å²) in [4.78, 5) is 24.3. The van der Waals surface area contributed by atoms with Gasteiger partial charge in [0.05, 0.1) is 15.8 Å². The van der Waals surface area contributed by atoms with E-state index < -0.39 is 16.3 Å².